The number of nitrogens with zero attached hydrogens (tertiary/aromatic N) is 1. The average molecular weight is 218 g/mol. The lowest BCUT2D eigenvalue weighted by Gasteiger charge is -2.20. The molecular weight excluding hydrogens is 196 g/mol. The van der Waals surface area contributed by atoms with Crippen molar-refractivity contribution in [1.82, 2.24) is 10.2 Å². The van der Waals surface area contributed by atoms with Crippen molar-refractivity contribution in [1.29, 1.82) is 0 Å². The molecule has 2 rings (SSSR count). The first kappa shape index (κ1) is 11.6. The predicted molar refractivity (Wildman–Crippen MR) is 68.6 cm³/mol. The second-order valence-electron chi connectivity index (χ2n) is 4.61. The zero-order valence-electron chi connectivity index (χ0n) is 10.2. The smallest absolute Gasteiger partial charge is 0.0236 e. The highest BCUT2D eigenvalue weighted by Gasteiger charge is 2.12. The van der Waals surface area contributed by atoms with E-state index in [4.69, 9.17) is 0 Å². The fraction of sp³-hybridized carbons (Fsp3) is 0.571. The van der Waals surface area contributed by atoms with Crippen molar-refractivity contribution in [2.75, 3.05) is 26.7 Å². The van der Waals surface area contributed by atoms with Gasteiger partial charge in [-0.1, -0.05) is 24.3 Å². The van der Waals surface area contributed by atoms with Crippen LogP contribution in [0.2, 0.25) is 0 Å². The molecule has 2 heteroatoms. The molecule has 0 unspecified atom stereocenters. The molecule has 2 nitrogen and oxygen atoms in total. The van der Waals surface area contributed by atoms with E-state index in [0.29, 0.717) is 0 Å². The van der Waals surface area contributed by atoms with E-state index >= 15 is 0 Å². The van der Waals surface area contributed by atoms with E-state index in [9.17, 15) is 0 Å². The van der Waals surface area contributed by atoms with Crippen molar-refractivity contribution in [2.24, 2.45) is 0 Å². The highest BCUT2D eigenvalue weighted by atomic mass is 15.1. The van der Waals surface area contributed by atoms with E-state index < -0.39 is 0 Å². The summed E-state index contributed by atoms with van der Waals surface area (Å²) in [5, 5.41) is 3.22. The Labute approximate surface area is 98.7 Å². The third-order valence-corrected chi connectivity index (χ3v) is 3.33. The van der Waals surface area contributed by atoms with Crippen LogP contribution in [0, 0.1) is 0 Å². The van der Waals surface area contributed by atoms with E-state index in [1.54, 1.807) is 5.56 Å². The van der Waals surface area contributed by atoms with Crippen molar-refractivity contribution in [3.8, 4) is 0 Å². The van der Waals surface area contributed by atoms with Gasteiger partial charge in [0.15, 0.2) is 0 Å². The van der Waals surface area contributed by atoms with Crippen LogP contribution in [-0.2, 0) is 13.0 Å². The second-order valence-corrected chi connectivity index (χ2v) is 4.61. The summed E-state index contributed by atoms with van der Waals surface area (Å²) in [5.41, 5.74) is 3.09. The van der Waals surface area contributed by atoms with Gasteiger partial charge in [-0.05, 0) is 57.1 Å². The third-order valence-electron chi connectivity index (χ3n) is 3.33. The molecule has 0 bridgehead atoms. The molecule has 0 atom stereocenters. The molecule has 1 N–H and O–H groups in total. The van der Waals surface area contributed by atoms with E-state index in [0.717, 1.165) is 13.1 Å². The lowest BCUT2D eigenvalue weighted by Crippen LogP contribution is -2.26. The molecule has 0 amide bonds. The van der Waals surface area contributed by atoms with Crippen molar-refractivity contribution >= 4 is 0 Å². The molecule has 0 saturated carbocycles. The molecule has 0 radical (unpaired) electrons. The van der Waals surface area contributed by atoms with Crippen LogP contribution < -0.4 is 5.32 Å². The lowest BCUT2D eigenvalue weighted by atomic mass is 10.0. The van der Waals surface area contributed by atoms with Crippen LogP contribution in [0.15, 0.2) is 24.3 Å². The minimum Gasteiger partial charge on any atom is -0.320 e. The Kier molecular flexibility index (Phi) is 4.37. The third kappa shape index (κ3) is 3.06. The number of hydrogen-bond donors (Lipinski definition) is 1. The quantitative estimate of drug-likeness (QED) is 0.778. The standard InChI is InChI=1S/C14H22N2/c1-15-9-5-11-16-10-4-8-13-6-2-3-7-14(13)12-16/h2-3,6-7,15H,4-5,8-12H2,1H3. The zero-order valence-corrected chi connectivity index (χ0v) is 10.2. The summed E-state index contributed by atoms with van der Waals surface area (Å²) in [6.07, 6.45) is 3.80. The lowest BCUT2D eigenvalue weighted by molar-refractivity contribution is 0.266. The van der Waals surface area contributed by atoms with Crippen LogP contribution >= 0.6 is 0 Å². The van der Waals surface area contributed by atoms with Crippen LogP contribution in [0.1, 0.15) is 24.0 Å². The molecule has 0 aromatic heterocycles. The highest BCUT2D eigenvalue weighted by Crippen LogP contribution is 2.18. The Morgan fingerprint density at radius 1 is 1.25 bits per heavy atom. The maximum Gasteiger partial charge on any atom is 0.0236 e. The van der Waals surface area contributed by atoms with Gasteiger partial charge >= 0.3 is 0 Å². The van der Waals surface area contributed by atoms with Crippen molar-refractivity contribution in [3.63, 3.8) is 0 Å². The average Bonchev–Trinajstić information content (AvgIpc) is 2.51. The van der Waals surface area contributed by atoms with Gasteiger partial charge in [-0.3, -0.25) is 4.90 Å². The normalized spacial score (nSPS) is 16.8. The van der Waals surface area contributed by atoms with Gasteiger partial charge in [-0.2, -0.15) is 0 Å². The number of fused-ring (bicyclic) bond motifs is 1. The minimum absolute atomic E-state index is 1.12. The highest BCUT2D eigenvalue weighted by molar-refractivity contribution is 5.27. The molecule has 1 aromatic carbocycles. The van der Waals surface area contributed by atoms with E-state index in [1.165, 1.54) is 37.9 Å². The summed E-state index contributed by atoms with van der Waals surface area (Å²) >= 11 is 0. The number of nitrogens with one attached hydrogen (secondary N) is 1. The number of aryl methyl sites for hydroxylation is 1. The largest absolute Gasteiger partial charge is 0.320 e. The summed E-state index contributed by atoms with van der Waals surface area (Å²) in [5.74, 6) is 0. The monoisotopic (exact) mass is 218 g/mol. The molecule has 1 aliphatic rings. The topological polar surface area (TPSA) is 15.3 Å². The molecule has 0 saturated heterocycles. The van der Waals surface area contributed by atoms with Crippen LogP contribution in [0.3, 0.4) is 0 Å². The van der Waals surface area contributed by atoms with Gasteiger partial charge in [-0.15, -0.1) is 0 Å². The van der Waals surface area contributed by atoms with Gasteiger partial charge in [0.1, 0.15) is 0 Å². The van der Waals surface area contributed by atoms with Crippen molar-refractivity contribution in [2.45, 2.75) is 25.8 Å². The summed E-state index contributed by atoms with van der Waals surface area (Å²) in [6.45, 7) is 4.73. The molecule has 88 valence electrons. The zero-order chi connectivity index (χ0) is 11.2. The molecular formula is C14H22N2. The number of benzene rings is 1. The van der Waals surface area contributed by atoms with Crippen LogP contribution in [0.4, 0.5) is 0 Å². The van der Waals surface area contributed by atoms with Gasteiger partial charge in [0.2, 0.25) is 0 Å². The van der Waals surface area contributed by atoms with Gasteiger partial charge in [0.05, 0.1) is 0 Å². The first-order chi connectivity index (χ1) is 7.90. The molecule has 0 fully saturated rings. The van der Waals surface area contributed by atoms with E-state index in [1.807, 2.05) is 7.05 Å². The first-order valence-electron chi connectivity index (χ1n) is 6.34. The van der Waals surface area contributed by atoms with Gasteiger partial charge in [-0.25, -0.2) is 0 Å². The fourth-order valence-electron chi connectivity index (χ4n) is 2.44. The molecule has 1 aromatic rings. The first-order valence-corrected chi connectivity index (χ1v) is 6.34. The Hall–Kier alpha value is -0.860. The predicted octanol–water partition coefficient (Wildman–Crippen LogP) is 2.04. The maximum absolute atomic E-state index is 3.22. The second kappa shape index (κ2) is 6.02. The van der Waals surface area contributed by atoms with Crippen molar-refractivity contribution in [3.05, 3.63) is 35.4 Å². The summed E-state index contributed by atoms with van der Waals surface area (Å²) in [4.78, 5) is 2.59. The summed E-state index contributed by atoms with van der Waals surface area (Å²) in [6, 6.07) is 8.89. The van der Waals surface area contributed by atoms with Crippen LogP contribution in [-0.4, -0.2) is 31.6 Å². The van der Waals surface area contributed by atoms with E-state index in [2.05, 4.69) is 34.5 Å². The molecule has 0 spiro atoms. The SMILES string of the molecule is CNCCCN1CCCc2ccccc2C1. The van der Waals surface area contributed by atoms with Crippen molar-refractivity contribution < 1.29 is 0 Å². The van der Waals surface area contributed by atoms with E-state index in [-0.39, 0.29) is 0 Å². The molecule has 1 aliphatic heterocycles. The molecule has 16 heavy (non-hydrogen) atoms. The van der Waals surface area contributed by atoms with Gasteiger partial charge < -0.3 is 5.32 Å². The van der Waals surface area contributed by atoms with Crippen LogP contribution in [0.5, 0.6) is 0 Å². The fourth-order valence-corrected chi connectivity index (χ4v) is 2.44. The maximum atomic E-state index is 3.22. The van der Waals surface area contributed by atoms with Gasteiger partial charge in [0.25, 0.3) is 0 Å². The Morgan fingerprint density at radius 2 is 2.06 bits per heavy atom. The Morgan fingerprint density at radius 3 is 2.88 bits per heavy atom. The Bertz CT molecular complexity index is 322. The number of rotatable bonds is 4. The van der Waals surface area contributed by atoms with Gasteiger partial charge in [0, 0.05) is 6.54 Å². The number of hydrogen-bond acceptors (Lipinski definition) is 2. The minimum atomic E-state index is 1.12. The Balaban J connectivity index is 1.94. The van der Waals surface area contributed by atoms with Crippen LogP contribution in [0.25, 0.3) is 0 Å². The summed E-state index contributed by atoms with van der Waals surface area (Å²) < 4.78 is 0. The molecule has 0 aliphatic carbocycles. The summed E-state index contributed by atoms with van der Waals surface area (Å²) in [7, 11) is 2.03. The molecule has 1 heterocycles.